The van der Waals surface area contributed by atoms with Crippen molar-refractivity contribution in [2.24, 2.45) is 11.1 Å². The molecule has 1 aliphatic rings. The largest absolute Gasteiger partial charge is 0.392 e. The molecule has 0 aliphatic heterocycles. The third-order valence-electron chi connectivity index (χ3n) is 2.90. The SMILES string of the molecule is NC(=S)C1(C(=O)Nc2c(Cl)cc(Cl)cc2Cl)CC1. The molecule has 18 heavy (non-hydrogen) atoms. The van der Waals surface area contributed by atoms with Crippen LogP contribution in [-0.4, -0.2) is 10.9 Å². The van der Waals surface area contributed by atoms with Gasteiger partial charge in [-0.1, -0.05) is 47.0 Å². The molecule has 0 bridgehead atoms. The maximum atomic E-state index is 12.1. The second-order valence-corrected chi connectivity index (χ2v) is 5.84. The van der Waals surface area contributed by atoms with Crippen molar-refractivity contribution in [2.45, 2.75) is 12.8 Å². The maximum absolute atomic E-state index is 12.1. The highest BCUT2D eigenvalue weighted by atomic mass is 35.5. The summed E-state index contributed by atoms with van der Waals surface area (Å²) in [6.07, 6.45) is 1.30. The van der Waals surface area contributed by atoms with Crippen LogP contribution in [0, 0.1) is 5.41 Å². The zero-order chi connectivity index (χ0) is 13.5. The van der Waals surface area contributed by atoms with Gasteiger partial charge in [-0.15, -0.1) is 0 Å². The van der Waals surface area contributed by atoms with Crippen molar-refractivity contribution in [3.05, 3.63) is 27.2 Å². The van der Waals surface area contributed by atoms with E-state index in [1.165, 1.54) is 12.1 Å². The molecule has 1 aliphatic carbocycles. The van der Waals surface area contributed by atoms with Crippen molar-refractivity contribution in [2.75, 3.05) is 5.32 Å². The molecule has 0 heterocycles. The van der Waals surface area contributed by atoms with Gasteiger partial charge in [-0.05, 0) is 25.0 Å². The van der Waals surface area contributed by atoms with Gasteiger partial charge in [-0.3, -0.25) is 4.79 Å². The first kappa shape index (κ1) is 13.9. The number of nitrogens with two attached hydrogens (primary N) is 1. The summed E-state index contributed by atoms with van der Waals surface area (Å²) in [5, 5.41) is 3.62. The van der Waals surface area contributed by atoms with Gasteiger partial charge in [-0.2, -0.15) is 0 Å². The Morgan fingerprint density at radius 2 is 1.78 bits per heavy atom. The van der Waals surface area contributed by atoms with Crippen molar-refractivity contribution in [3.8, 4) is 0 Å². The molecule has 1 amide bonds. The fraction of sp³-hybridized carbons (Fsp3) is 0.273. The van der Waals surface area contributed by atoms with E-state index >= 15 is 0 Å². The fourth-order valence-electron chi connectivity index (χ4n) is 1.61. The van der Waals surface area contributed by atoms with E-state index in [0.29, 0.717) is 23.6 Å². The molecule has 0 saturated heterocycles. The van der Waals surface area contributed by atoms with Gasteiger partial charge >= 0.3 is 0 Å². The van der Waals surface area contributed by atoms with Gasteiger partial charge in [0.15, 0.2) is 0 Å². The topological polar surface area (TPSA) is 55.1 Å². The van der Waals surface area contributed by atoms with Crippen LogP contribution in [0.2, 0.25) is 15.1 Å². The van der Waals surface area contributed by atoms with Gasteiger partial charge in [0.05, 0.1) is 26.1 Å². The first-order valence-corrected chi connectivity index (χ1v) is 6.67. The number of hydrogen-bond acceptors (Lipinski definition) is 2. The highest BCUT2D eigenvalue weighted by molar-refractivity contribution is 7.80. The molecule has 1 saturated carbocycles. The lowest BCUT2D eigenvalue weighted by Gasteiger charge is -2.15. The van der Waals surface area contributed by atoms with Crippen LogP contribution >= 0.6 is 47.0 Å². The van der Waals surface area contributed by atoms with Crippen LogP contribution in [0.3, 0.4) is 0 Å². The van der Waals surface area contributed by atoms with E-state index in [9.17, 15) is 4.79 Å². The summed E-state index contributed by atoms with van der Waals surface area (Å²) >= 11 is 22.7. The molecule has 2 rings (SSSR count). The molecule has 0 unspecified atom stereocenters. The Morgan fingerprint density at radius 1 is 1.28 bits per heavy atom. The third-order valence-corrected chi connectivity index (χ3v) is 4.11. The van der Waals surface area contributed by atoms with Crippen LogP contribution in [0.25, 0.3) is 0 Å². The van der Waals surface area contributed by atoms with Crippen LogP contribution in [-0.2, 0) is 4.79 Å². The van der Waals surface area contributed by atoms with Gasteiger partial charge in [0, 0.05) is 5.02 Å². The molecule has 7 heteroatoms. The lowest BCUT2D eigenvalue weighted by Crippen LogP contribution is -2.35. The fourth-order valence-corrected chi connectivity index (χ4v) is 2.81. The Morgan fingerprint density at radius 3 is 2.17 bits per heavy atom. The summed E-state index contributed by atoms with van der Waals surface area (Å²) in [5.41, 5.74) is 5.15. The number of rotatable bonds is 3. The van der Waals surface area contributed by atoms with E-state index in [1.807, 2.05) is 0 Å². The van der Waals surface area contributed by atoms with Crippen LogP contribution in [0.4, 0.5) is 5.69 Å². The first-order valence-electron chi connectivity index (χ1n) is 5.13. The minimum absolute atomic E-state index is 0.196. The number of halogens is 3. The Labute approximate surface area is 125 Å². The molecule has 96 valence electrons. The molecule has 1 aromatic carbocycles. The number of nitrogens with one attached hydrogen (secondary N) is 1. The standard InChI is InChI=1S/C11H9Cl3N2OS/c12-5-3-6(13)8(7(14)4-5)16-10(17)11(1-2-11)9(15)18/h3-4H,1-2H2,(H2,15,18)(H,16,17). The van der Waals surface area contributed by atoms with Gasteiger partial charge in [0.2, 0.25) is 5.91 Å². The van der Waals surface area contributed by atoms with Gasteiger partial charge < -0.3 is 11.1 Å². The minimum atomic E-state index is -0.748. The third kappa shape index (κ3) is 2.43. The summed E-state index contributed by atoms with van der Waals surface area (Å²) in [5.74, 6) is -0.277. The van der Waals surface area contributed by atoms with E-state index < -0.39 is 5.41 Å². The van der Waals surface area contributed by atoms with Crippen molar-refractivity contribution in [3.63, 3.8) is 0 Å². The normalized spacial score (nSPS) is 16.2. The van der Waals surface area contributed by atoms with Crippen LogP contribution in [0.15, 0.2) is 12.1 Å². The lowest BCUT2D eigenvalue weighted by molar-refractivity contribution is -0.118. The molecule has 0 radical (unpaired) electrons. The number of carbonyl (C=O) groups excluding carboxylic acids is 1. The molecular formula is C11H9Cl3N2OS. The predicted molar refractivity (Wildman–Crippen MR) is 78.6 cm³/mol. The van der Waals surface area contributed by atoms with Crippen LogP contribution in [0.5, 0.6) is 0 Å². The maximum Gasteiger partial charge on any atom is 0.237 e. The molecular weight excluding hydrogens is 315 g/mol. The summed E-state index contributed by atoms with van der Waals surface area (Å²) in [4.78, 5) is 12.3. The average molecular weight is 324 g/mol. The molecule has 0 aromatic heterocycles. The molecule has 3 N–H and O–H groups in total. The zero-order valence-corrected chi connectivity index (χ0v) is 12.2. The van der Waals surface area contributed by atoms with Crippen LogP contribution in [0.1, 0.15) is 12.8 Å². The monoisotopic (exact) mass is 322 g/mol. The lowest BCUT2D eigenvalue weighted by atomic mass is 10.1. The summed E-state index contributed by atoms with van der Waals surface area (Å²) in [6, 6.07) is 3.01. The molecule has 0 atom stereocenters. The van der Waals surface area contributed by atoms with Gasteiger partial charge in [0.1, 0.15) is 0 Å². The molecule has 1 aromatic rings. The Bertz CT molecular complexity index is 520. The minimum Gasteiger partial charge on any atom is -0.392 e. The number of amides is 1. The van der Waals surface area contributed by atoms with Crippen molar-refractivity contribution >= 4 is 63.6 Å². The summed E-state index contributed by atoms with van der Waals surface area (Å²) in [7, 11) is 0. The Balaban J connectivity index is 2.26. The highest BCUT2D eigenvalue weighted by Gasteiger charge is 2.52. The Kier molecular flexibility index (Phi) is 3.74. The number of carbonyl (C=O) groups is 1. The average Bonchev–Trinajstić information content (AvgIpc) is 3.03. The highest BCUT2D eigenvalue weighted by Crippen LogP contribution is 2.47. The summed E-state index contributed by atoms with van der Waals surface area (Å²) < 4.78 is 0. The van der Waals surface area contributed by atoms with E-state index in [0.717, 1.165) is 0 Å². The van der Waals surface area contributed by atoms with Crippen molar-refractivity contribution in [1.82, 2.24) is 0 Å². The number of benzene rings is 1. The van der Waals surface area contributed by atoms with E-state index in [1.54, 1.807) is 0 Å². The quantitative estimate of drug-likeness (QED) is 0.835. The van der Waals surface area contributed by atoms with Crippen LogP contribution < -0.4 is 11.1 Å². The van der Waals surface area contributed by atoms with Gasteiger partial charge in [-0.25, -0.2) is 0 Å². The van der Waals surface area contributed by atoms with E-state index in [4.69, 9.17) is 52.8 Å². The number of thiocarbonyl (C=S) groups is 1. The molecule has 0 spiro atoms. The second-order valence-electron chi connectivity index (χ2n) is 4.14. The predicted octanol–water partition coefficient (Wildman–Crippen LogP) is 3.65. The van der Waals surface area contributed by atoms with Gasteiger partial charge in [0.25, 0.3) is 0 Å². The number of hydrogen-bond donors (Lipinski definition) is 2. The number of anilines is 1. The first-order chi connectivity index (χ1) is 8.36. The van der Waals surface area contributed by atoms with Crippen molar-refractivity contribution in [1.29, 1.82) is 0 Å². The van der Waals surface area contributed by atoms with E-state index in [2.05, 4.69) is 5.32 Å². The summed E-state index contributed by atoms with van der Waals surface area (Å²) in [6.45, 7) is 0. The Hall–Kier alpha value is -0.550. The molecule has 3 nitrogen and oxygen atoms in total. The zero-order valence-electron chi connectivity index (χ0n) is 9.10. The van der Waals surface area contributed by atoms with E-state index in [-0.39, 0.29) is 20.9 Å². The molecule has 1 fully saturated rings. The second kappa shape index (κ2) is 4.85. The van der Waals surface area contributed by atoms with Crippen molar-refractivity contribution < 1.29 is 4.79 Å². The smallest absolute Gasteiger partial charge is 0.237 e.